The fraction of sp³-hybridized carbons (Fsp3) is 0.0526. The van der Waals surface area contributed by atoms with Crippen LogP contribution in [0.3, 0.4) is 0 Å². The minimum absolute atomic E-state index is 0.436. The number of fused-ring (bicyclic) bond motifs is 6. The molecule has 3 aromatic heterocycles. The normalized spacial score (nSPS) is 12.0. The van der Waals surface area contributed by atoms with Gasteiger partial charge in [-0.2, -0.15) is 18.4 Å². The largest absolute Gasteiger partial charge is 0.416 e. The van der Waals surface area contributed by atoms with Crippen LogP contribution in [-0.2, 0) is 6.18 Å². The highest BCUT2D eigenvalue weighted by Crippen LogP contribution is 2.42. The van der Waals surface area contributed by atoms with Crippen molar-refractivity contribution in [3.8, 4) is 28.7 Å². The van der Waals surface area contributed by atoms with Gasteiger partial charge in [0.1, 0.15) is 0 Å². The number of aryl methyl sites for hydroxylation is 1. The van der Waals surface area contributed by atoms with E-state index < -0.39 is 11.7 Å². The van der Waals surface area contributed by atoms with Crippen LogP contribution in [0.2, 0.25) is 0 Å². The van der Waals surface area contributed by atoms with Gasteiger partial charge in [-0.1, -0.05) is 54.1 Å². The van der Waals surface area contributed by atoms with Crippen LogP contribution in [-0.4, -0.2) is 14.1 Å². The van der Waals surface area contributed by atoms with E-state index in [1.807, 2.05) is 59.2 Å². The summed E-state index contributed by atoms with van der Waals surface area (Å²) in [6.45, 7) is 2.07. The van der Waals surface area contributed by atoms with E-state index in [2.05, 4.69) is 47.9 Å². The number of hydrogen-bond acceptors (Lipinski definition) is 2. The second-order valence-corrected chi connectivity index (χ2v) is 11.1. The lowest BCUT2D eigenvalue weighted by Crippen LogP contribution is -2.05. The molecule has 0 spiro atoms. The van der Waals surface area contributed by atoms with Gasteiger partial charge >= 0.3 is 6.18 Å². The van der Waals surface area contributed by atoms with Crippen LogP contribution in [0.5, 0.6) is 0 Å². The molecule has 0 atom stereocenters. The average Bonchev–Trinajstić information content (AvgIpc) is 3.56. The molecule has 216 valence electrons. The molecular formula is C38H23F3N4. The maximum Gasteiger partial charge on any atom is 0.416 e. The van der Waals surface area contributed by atoms with Crippen LogP contribution < -0.4 is 0 Å². The molecule has 4 nitrogen and oxygen atoms in total. The Morgan fingerprint density at radius 3 is 1.91 bits per heavy atom. The third kappa shape index (κ3) is 4.03. The number of pyridine rings is 1. The number of nitriles is 1. The Kier molecular flexibility index (Phi) is 5.84. The van der Waals surface area contributed by atoms with E-state index in [-0.39, 0.29) is 0 Å². The first-order chi connectivity index (χ1) is 21.8. The molecule has 0 aliphatic carbocycles. The first-order valence-electron chi connectivity index (χ1n) is 14.4. The molecular weight excluding hydrogens is 569 g/mol. The number of aromatic nitrogens is 3. The van der Waals surface area contributed by atoms with Gasteiger partial charge in [0.15, 0.2) is 0 Å². The molecule has 0 aliphatic heterocycles. The molecule has 8 aromatic rings. The van der Waals surface area contributed by atoms with Gasteiger partial charge < -0.3 is 9.13 Å². The molecule has 45 heavy (non-hydrogen) atoms. The molecule has 5 aromatic carbocycles. The Hall–Kier alpha value is -5.87. The fourth-order valence-corrected chi connectivity index (χ4v) is 6.59. The lowest BCUT2D eigenvalue weighted by molar-refractivity contribution is -0.137. The molecule has 0 amide bonds. The lowest BCUT2D eigenvalue weighted by atomic mass is 10.00. The maximum atomic E-state index is 13.8. The van der Waals surface area contributed by atoms with Crippen molar-refractivity contribution >= 4 is 43.6 Å². The van der Waals surface area contributed by atoms with Crippen molar-refractivity contribution in [3.63, 3.8) is 0 Å². The van der Waals surface area contributed by atoms with Crippen LogP contribution >= 0.6 is 0 Å². The maximum absolute atomic E-state index is 13.8. The fourth-order valence-electron chi connectivity index (χ4n) is 6.59. The molecule has 0 bridgehead atoms. The Morgan fingerprint density at radius 1 is 0.622 bits per heavy atom. The number of hydrogen-bond donors (Lipinski definition) is 0. The molecule has 0 saturated carbocycles. The van der Waals surface area contributed by atoms with Crippen LogP contribution in [0.1, 0.15) is 16.7 Å². The van der Waals surface area contributed by atoms with Crippen LogP contribution in [0, 0.1) is 18.3 Å². The molecule has 0 aliphatic rings. The van der Waals surface area contributed by atoms with Crippen molar-refractivity contribution in [2.24, 2.45) is 0 Å². The first-order valence-corrected chi connectivity index (χ1v) is 14.4. The van der Waals surface area contributed by atoms with Crippen molar-refractivity contribution in [1.29, 1.82) is 5.26 Å². The zero-order chi connectivity index (χ0) is 30.9. The summed E-state index contributed by atoms with van der Waals surface area (Å²) in [6, 6.07) is 37.5. The monoisotopic (exact) mass is 592 g/mol. The number of para-hydroxylation sites is 2. The molecule has 0 radical (unpaired) electrons. The number of halogens is 3. The minimum atomic E-state index is -4.47. The topological polar surface area (TPSA) is 46.5 Å². The first kappa shape index (κ1) is 26.7. The van der Waals surface area contributed by atoms with Crippen LogP contribution in [0.4, 0.5) is 13.2 Å². The zero-order valence-electron chi connectivity index (χ0n) is 24.0. The molecule has 7 heteroatoms. The Balaban J connectivity index is 1.48. The number of benzene rings is 5. The summed E-state index contributed by atoms with van der Waals surface area (Å²) in [6.07, 6.45) is -2.79. The van der Waals surface area contributed by atoms with Crippen LogP contribution in [0.15, 0.2) is 121 Å². The minimum Gasteiger partial charge on any atom is -0.309 e. The summed E-state index contributed by atoms with van der Waals surface area (Å²) in [5.41, 5.74) is 6.83. The van der Waals surface area contributed by atoms with E-state index in [0.29, 0.717) is 38.8 Å². The highest BCUT2D eigenvalue weighted by molar-refractivity contribution is 6.11. The standard InChI is InChI=1S/C38H23F3N4/c1-23-15-17-32-28(20-23)26-9-2-4-11-30(26)44(32)34-13-6-8-24(22-42)36(34)37-35(14-7-19-43-37)45-31-12-5-3-10-27(31)29-21-25(38(39,40)41)16-18-33(29)45/h2-21H,1H3. The van der Waals surface area contributed by atoms with Crippen LogP contribution in [0.25, 0.3) is 66.2 Å². The number of rotatable bonds is 3. The Labute approximate surface area is 255 Å². The quantitative estimate of drug-likeness (QED) is 0.205. The molecule has 0 N–H and O–H groups in total. The molecule has 3 heterocycles. The van der Waals surface area contributed by atoms with Gasteiger partial charge in [-0.05, 0) is 73.7 Å². The van der Waals surface area contributed by atoms with E-state index in [1.165, 1.54) is 12.1 Å². The number of nitrogens with zero attached hydrogens (tertiary/aromatic N) is 4. The van der Waals surface area contributed by atoms with Gasteiger partial charge in [0, 0.05) is 33.3 Å². The van der Waals surface area contributed by atoms with Gasteiger partial charge in [-0.3, -0.25) is 4.98 Å². The number of alkyl halides is 3. The third-order valence-corrected chi connectivity index (χ3v) is 8.50. The van der Waals surface area contributed by atoms with Gasteiger partial charge in [0.05, 0.1) is 56.3 Å². The summed E-state index contributed by atoms with van der Waals surface area (Å²) in [4.78, 5) is 4.86. The predicted molar refractivity (Wildman–Crippen MR) is 173 cm³/mol. The highest BCUT2D eigenvalue weighted by atomic mass is 19.4. The van der Waals surface area contributed by atoms with E-state index >= 15 is 0 Å². The van der Waals surface area contributed by atoms with Gasteiger partial charge in [0.2, 0.25) is 0 Å². The Morgan fingerprint density at radius 2 is 1.22 bits per heavy atom. The summed E-state index contributed by atoms with van der Waals surface area (Å²) in [7, 11) is 0. The third-order valence-electron chi connectivity index (χ3n) is 8.50. The van der Waals surface area contributed by atoms with E-state index in [0.717, 1.165) is 44.6 Å². The second kappa shape index (κ2) is 9.83. The van der Waals surface area contributed by atoms with Crippen molar-refractivity contribution in [2.45, 2.75) is 13.1 Å². The van der Waals surface area contributed by atoms with E-state index in [9.17, 15) is 18.4 Å². The predicted octanol–water partition coefficient (Wildman–Crippen LogP) is 10.1. The van der Waals surface area contributed by atoms with Crippen molar-refractivity contribution in [1.82, 2.24) is 14.1 Å². The zero-order valence-corrected chi connectivity index (χ0v) is 24.0. The van der Waals surface area contributed by atoms with Crippen molar-refractivity contribution < 1.29 is 13.2 Å². The molecule has 0 saturated heterocycles. The summed E-state index contributed by atoms with van der Waals surface area (Å²) in [5, 5.41) is 13.8. The molecule has 0 unspecified atom stereocenters. The van der Waals surface area contributed by atoms with Crippen molar-refractivity contribution in [3.05, 3.63) is 138 Å². The van der Waals surface area contributed by atoms with Crippen molar-refractivity contribution in [2.75, 3.05) is 0 Å². The lowest BCUT2D eigenvalue weighted by Gasteiger charge is -2.18. The van der Waals surface area contributed by atoms with Gasteiger partial charge in [0.25, 0.3) is 0 Å². The second-order valence-electron chi connectivity index (χ2n) is 11.1. The molecule has 0 fully saturated rings. The average molecular weight is 593 g/mol. The summed E-state index contributed by atoms with van der Waals surface area (Å²) < 4.78 is 45.5. The molecule has 8 rings (SSSR count). The smallest absolute Gasteiger partial charge is 0.309 e. The van der Waals surface area contributed by atoms with Gasteiger partial charge in [-0.15, -0.1) is 0 Å². The highest BCUT2D eigenvalue weighted by Gasteiger charge is 2.31. The SMILES string of the molecule is Cc1ccc2c(c1)c1ccccc1n2-c1cccc(C#N)c1-c1ncccc1-n1c2ccccc2c2cc(C(F)(F)F)ccc21. The van der Waals surface area contributed by atoms with E-state index in [4.69, 9.17) is 4.98 Å². The van der Waals surface area contributed by atoms with Gasteiger partial charge in [-0.25, -0.2) is 0 Å². The Bertz CT molecular complexity index is 2510. The summed E-state index contributed by atoms with van der Waals surface area (Å²) >= 11 is 0. The summed E-state index contributed by atoms with van der Waals surface area (Å²) in [5.74, 6) is 0. The van der Waals surface area contributed by atoms with E-state index in [1.54, 1.807) is 18.3 Å².